The van der Waals surface area contributed by atoms with Gasteiger partial charge < -0.3 is 9.64 Å². The smallest absolute Gasteiger partial charge is 0.339 e. The van der Waals surface area contributed by atoms with E-state index >= 15 is 0 Å². The van der Waals surface area contributed by atoms with Crippen LogP contribution in [0.3, 0.4) is 0 Å². The molecule has 1 atom stereocenters. The molecule has 0 aliphatic carbocycles. The van der Waals surface area contributed by atoms with E-state index in [1.165, 1.54) is 0 Å². The summed E-state index contributed by atoms with van der Waals surface area (Å²) in [6, 6.07) is 13.9. The maximum absolute atomic E-state index is 13.7. The molecule has 1 amide bonds. The zero-order chi connectivity index (χ0) is 22.6. The lowest BCUT2D eigenvalue weighted by Gasteiger charge is -2.40. The molecule has 2 aromatic carbocycles. The molecule has 4 nitrogen and oxygen atoms in total. The van der Waals surface area contributed by atoms with Gasteiger partial charge in [0.1, 0.15) is 0 Å². The highest BCUT2D eigenvalue weighted by atomic mass is 16.6. The largest absolute Gasteiger partial charge is 0.449 e. The molecule has 2 heterocycles. The Morgan fingerprint density at radius 3 is 2.19 bits per heavy atom. The van der Waals surface area contributed by atoms with E-state index in [-0.39, 0.29) is 22.7 Å². The lowest BCUT2D eigenvalue weighted by Crippen LogP contribution is -2.48. The Balaban J connectivity index is 1.70. The number of benzene rings is 2. The Labute approximate surface area is 185 Å². The Kier molecular flexibility index (Phi) is 5.03. The maximum Gasteiger partial charge on any atom is 0.339 e. The fourth-order valence-corrected chi connectivity index (χ4v) is 4.64. The minimum absolute atomic E-state index is 0.0103. The number of rotatable bonds is 1. The van der Waals surface area contributed by atoms with Crippen molar-refractivity contribution in [1.29, 1.82) is 0 Å². The number of likely N-dealkylation sites (tertiary alicyclic amines) is 1. The standard InChI is InChI=1S/C27H33NO3/c1-25(2,3)19-14-18(15-20(16-19)26(4,5)6)23(29)28-13-9-12-27(17-28)22-11-8-7-10-21(22)24(30)31-27/h7-8,10-11,14-16H,9,12-13,17H2,1-6H3. The second-order valence-electron chi connectivity index (χ2n) is 11.1. The van der Waals surface area contributed by atoms with Crippen molar-refractivity contribution in [3.05, 3.63) is 70.3 Å². The summed E-state index contributed by atoms with van der Waals surface area (Å²) < 4.78 is 5.90. The van der Waals surface area contributed by atoms with Gasteiger partial charge in [0, 0.05) is 17.7 Å². The van der Waals surface area contributed by atoms with Crippen LogP contribution in [0.2, 0.25) is 0 Å². The Hall–Kier alpha value is -2.62. The van der Waals surface area contributed by atoms with Gasteiger partial charge in [-0.2, -0.15) is 0 Å². The van der Waals surface area contributed by atoms with Gasteiger partial charge in [0.05, 0.1) is 12.1 Å². The van der Waals surface area contributed by atoms with Crippen LogP contribution in [-0.4, -0.2) is 29.9 Å². The number of amides is 1. The monoisotopic (exact) mass is 419 g/mol. The summed E-state index contributed by atoms with van der Waals surface area (Å²) in [6.45, 7) is 14.1. The highest BCUT2D eigenvalue weighted by Gasteiger charge is 2.48. The molecule has 1 unspecified atom stereocenters. The van der Waals surface area contributed by atoms with Crippen LogP contribution in [-0.2, 0) is 21.2 Å². The molecule has 2 aliphatic heterocycles. The highest BCUT2D eigenvalue weighted by Crippen LogP contribution is 2.43. The van der Waals surface area contributed by atoms with Gasteiger partial charge in [0.2, 0.25) is 0 Å². The van der Waals surface area contributed by atoms with Crippen LogP contribution >= 0.6 is 0 Å². The van der Waals surface area contributed by atoms with Gasteiger partial charge in [-0.1, -0.05) is 65.8 Å². The van der Waals surface area contributed by atoms with Gasteiger partial charge in [0.15, 0.2) is 5.60 Å². The predicted octanol–water partition coefficient (Wildman–Crippen LogP) is 5.58. The third kappa shape index (κ3) is 3.88. The number of hydrogen-bond donors (Lipinski definition) is 0. The summed E-state index contributed by atoms with van der Waals surface area (Å²) in [5.74, 6) is -0.272. The molecule has 4 heteroatoms. The van der Waals surface area contributed by atoms with Crippen molar-refractivity contribution in [2.24, 2.45) is 0 Å². The van der Waals surface area contributed by atoms with Crippen molar-refractivity contribution in [3.8, 4) is 0 Å². The molecular formula is C27H33NO3. The first kappa shape index (κ1) is 21.6. The molecule has 2 aliphatic rings. The van der Waals surface area contributed by atoms with Crippen LogP contribution in [0.4, 0.5) is 0 Å². The van der Waals surface area contributed by atoms with Crippen molar-refractivity contribution in [2.45, 2.75) is 70.8 Å². The first-order valence-corrected chi connectivity index (χ1v) is 11.2. The van der Waals surface area contributed by atoms with E-state index in [1.807, 2.05) is 41.3 Å². The zero-order valence-electron chi connectivity index (χ0n) is 19.5. The number of nitrogens with zero attached hydrogens (tertiary/aromatic N) is 1. The van der Waals surface area contributed by atoms with Crippen LogP contribution < -0.4 is 0 Å². The molecule has 1 spiro atoms. The Morgan fingerprint density at radius 2 is 1.58 bits per heavy atom. The molecule has 0 saturated carbocycles. The normalized spacial score (nSPS) is 21.2. The number of carbonyl (C=O) groups excluding carboxylic acids is 2. The summed E-state index contributed by atoms with van der Waals surface area (Å²) in [5, 5.41) is 0. The van der Waals surface area contributed by atoms with Crippen molar-refractivity contribution >= 4 is 11.9 Å². The molecule has 1 fully saturated rings. The molecule has 31 heavy (non-hydrogen) atoms. The van der Waals surface area contributed by atoms with E-state index in [0.29, 0.717) is 24.2 Å². The molecular weight excluding hydrogens is 386 g/mol. The average molecular weight is 420 g/mol. The van der Waals surface area contributed by atoms with E-state index in [1.54, 1.807) is 0 Å². The third-order valence-corrected chi connectivity index (χ3v) is 6.58. The molecule has 164 valence electrons. The van der Waals surface area contributed by atoms with Crippen LogP contribution in [0.15, 0.2) is 42.5 Å². The number of fused-ring (bicyclic) bond motifs is 2. The predicted molar refractivity (Wildman–Crippen MR) is 123 cm³/mol. The van der Waals surface area contributed by atoms with Crippen LogP contribution in [0.25, 0.3) is 0 Å². The number of hydrogen-bond acceptors (Lipinski definition) is 3. The third-order valence-electron chi connectivity index (χ3n) is 6.58. The fraction of sp³-hybridized carbons (Fsp3) is 0.481. The summed E-state index contributed by atoms with van der Waals surface area (Å²) in [7, 11) is 0. The minimum Gasteiger partial charge on any atom is -0.449 e. The molecule has 0 N–H and O–H groups in total. The van der Waals surface area contributed by atoms with Gasteiger partial charge in [-0.15, -0.1) is 0 Å². The fourth-order valence-electron chi connectivity index (χ4n) is 4.64. The molecule has 0 aromatic heterocycles. The number of ether oxygens (including phenoxy) is 1. The van der Waals surface area contributed by atoms with E-state index in [4.69, 9.17) is 4.74 Å². The summed E-state index contributed by atoms with van der Waals surface area (Å²) in [6.07, 6.45) is 1.55. The maximum atomic E-state index is 13.7. The van der Waals surface area contributed by atoms with Crippen LogP contribution in [0.5, 0.6) is 0 Å². The first-order valence-electron chi connectivity index (χ1n) is 11.2. The van der Waals surface area contributed by atoms with Crippen molar-refractivity contribution in [3.63, 3.8) is 0 Å². The van der Waals surface area contributed by atoms with Gasteiger partial charge >= 0.3 is 5.97 Å². The van der Waals surface area contributed by atoms with E-state index in [2.05, 4.69) is 47.6 Å². The first-order chi connectivity index (χ1) is 14.4. The Bertz CT molecular complexity index is 1010. The van der Waals surface area contributed by atoms with Crippen molar-refractivity contribution in [2.75, 3.05) is 13.1 Å². The zero-order valence-corrected chi connectivity index (χ0v) is 19.5. The summed E-state index contributed by atoms with van der Waals surface area (Å²) >= 11 is 0. The topological polar surface area (TPSA) is 46.6 Å². The van der Waals surface area contributed by atoms with E-state index in [0.717, 1.165) is 29.5 Å². The number of esters is 1. The number of carbonyl (C=O) groups is 2. The van der Waals surface area contributed by atoms with E-state index < -0.39 is 5.60 Å². The second-order valence-corrected chi connectivity index (χ2v) is 11.1. The molecule has 1 saturated heterocycles. The molecule has 2 aromatic rings. The lowest BCUT2D eigenvalue weighted by molar-refractivity contribution is -0.0442. The minimum atomic E-state index is -0.726. The number of piperidine rings is 1. The van der Waals surface area contributed by atoms with Crippen molar-refractivity contribution in [1.82, 2.24) is 4.90 Å². The Morgan fingerprint density at radius 1 is 0.968 bits per heavy atom. The average Bonchev–Trinajstić information content (AvgIpc) is 2.97. The summed E-state index contributed by atoms with van der Waals surface area (Å²) in [4.78, 5) is 28.0. The van der Waals surface area contributed by atoms with Gasteiger partial charge in [-0.3, -0.25) is 4.79 Å². The quantitative estimate of drug-likeness (QED) is 0.567. The van der Waals surface area contributed by atoms with E-state index in [9.17, 15) is 9.59 Å². The van der Waals surface area contributed by atoms with Gasteiger partial charge in [-0.05, 0) is 53.0 Å². The molecule has 0 bridgehead atoms. The highest BCUT2D eigenvalue weighted by molar-refractivity contribution is 5.96. The second kappa shape index (κ2) is 7.22. The molecule has 0 radical (unpaired) electrons. The summed E-state index contributed by atoms with van der Waals surface area (Å²) in [5.41, 5.74) is 3.74. The van der Waals surface area contributed by atoms with Gasteiger partial charge in [-0.25, -0.2) is 4.79 Å². The SMILES string of the molecule is CC(C)(C)c1cc(C(=O)N2CCCC3(C2)OC(=O)c2ccccc23)cc(C(C)(C)C)c1. The lowest BCUT2D eigenvalue weighted by atomic mass is 9.79. The van der Waals surface area contributed by atoms with Crippen molar-refractivity contribution < 1.29 is 14.3 Å². The van der Waals surface area contributed by atoms with Crippen LogP contribution in [0.1, 0.15) is 91.8 Å². The molecule has 4 rings (SSSR count). The van der Waals surface area contributed by atoms with Crippen LogP contribution in [0, 0.1) is 0 Å². The van der Waals surface area contributed by atoms with Gasteiger partial charge in [0.25, 0.3) is 5.91 Å².